The zero-order valence-electron chi connectivity index (χ0n) is 16.6. The Morgan fingerprint density at radius 2 is 1.93 bits per heavy atom. The minimum atomic E-state index is -3.29. The second kappa shape index (κ2) is 8.00. The van der Waals surface area contributed by atoms with Gasteiger partial charge in [0.15, 0.2) is 9.84 Å². The molecule has 0 atom stereocenters. The van der Waals surface area contributed by atoms with Gasteiger partial charge < -0.3 is 16.0 Å². The van der Waals surface area contributed by atoms with Crippen LogP contribution in [0.25, 0.3) is 10.9 Å². The fraction of sp³-hybridized carbons (Fsp3) is 0.318. The number of pyridine rings is 1. The van der Waals surface area contributed by atoms with Crippen molar-refractivity contribution in [2.45, 2.75) is 24.3 Å². The largest absolute Gasteiger partial charge is 0.383 e. The van der Waals surface area contributed by atoms with E-state index in [1.807, 2.05) is 6.07 Å². The maximum absolute atomic E-state index is 12.0. The van der Waals surface area contributed by atoms with E-state index in [2.05, 4.69) is 34.5 Å². The number of anilines is 2. The van der Waals surface area contributed by atoms with Gasteiger partial charge in [-0.15, -0.1) is 0 Å². The molecule has 29 heavy (non-hydrogen) atoms. The van der Waals surface area contributed by atoms with E-state index in [0.717, 1.165) is 48.3 Å². The summed E-state index contributed by atoms with van der Waals surface area (Å²) in [6.45, 7) is 2.82. The van der Waals surface area contributed by atoms with Crippen LogP contribution < -0.4 is 16.0 Å². The van der Waals surface area contributed by atoms with Gasteiger partial charge in [0.2, 0.25) is 0 Å². The Bertz CT molecular complexity index is 1140. The van der Waals surface area contributed by atoms with Crippen LogP contribution in [0.4, 0.5) is 11.5 Å². The van der Waals surface area contributed by atoms with Crippen LogP contribution in [0.5, 0.6) is 0 Å². The molecular weight excluding hydrogens is 384 g/mol. The molecule has 0 bridgehead atoms. The van der Waals surface area contributed by atoms with E-state index in [1.165, 1.54) is 17.4 Å². The normalized spacial score (nSPS) is 14.5. The van der Waals surface area contributed by atoms with Crippen molar-refractivity contribution in [1.82, 2.24) is 4.98 Å². The van der Waals surface area contributed by atoms with Gasteiger partial charge in [0.05, 0.1) is 10.4 Å². The van der Waals surface area contributed by atoms with Gasteiger partial charge >= 0.3 is 0 Å². The quantitative estimate of drug-likeness (QED) is 0.672. The molecule has 0 aliphatic carbocycles. The molecule has 0 fully saturated rings. The minimum Gasteiger partial charge on any atom is -0.383 e. The van der Waals surface area contributed by atoms with Crippen LogP contribution in [-0.4, -0.2) is 39.3 Å². The summed E-state index contributed by atoms with van der Waals surface area (Å²) in [7, 11) is -3.29. The molecular formula is C22H26N4O2S. The van der Waals surface area contributed by atoms with Gasteiger partial charge in [-0.05, 0) is 42.2 Å². The molecule has 2 heterocycles. The van der Waals surface area contributed by atoms with E-state index in [0.29, 0.717) is 18.0 Å². The number of aromatic nitrogens is 1. The lowest BCUT2D eigenvalue weighted by atomic mass is 10.0. The Kier molecular flexibility index (Phi) is 5.43. The lowest BCUT2D eigenvalue weighted by molar-refractivity contribution is 0.602. The Morgan fingerprint density at radius 3 is 2.69 bits per heavy atom. The predicted octanol–water partition coefficient (Wildman–Crippen LogP) is 2.96. The van der Waals surface area contributed by atoms with Crippen LogP contribution in [0.3, 0.4) is 0 Å². The van der Waals surface area contributed by atoms with Crippen molar-refractivity contribution in [3.8, 4) is 0 Å². The highest BCUT2D eigenvalue weighted by molar-refractivity contribution is 7.90. The molecule has 2 aromatic carbocycles. The zero-order valence-corrected chi connectivity index (χ0v) is 17.4. The first-order valence-electron chi connectivity index (χ1n) is 9.86. The summed E-state index contributed by atoms with van der Waals surface area (Å²) in [5, 5.41) is 4.14. The lowest BCUT2D eigenvalue weighted by Gasteiger charge is -2.24. The molecule has 0 radical (unpaired) electrons. The van der Waals surface area contributed by atoms with E-state index in [1.54, 1.807) is 18.2 Å². The summed E-state index contributed by atoms with van der Waals surface area (Å²) >= 11 is 0. The number of nitrogens with one attached hydrogen (secondary N) is 1. The highest BCUT2D eigenvalue weighted by Crippen LogP contribution is 2.31. The fourth-order valence-electron chi connectivity index (χ4n) is 3.83. The third kappa shape index (κ3) is 4.21. The van der Waals surface area contributed by atoms with Crippen molar-refractivity contribution in [3.63, 3.8) is 0 Å². The van der Waals surface area contributed by atoms with Crippen molar-refractivity contribution >= 4 is 32.2 Å². The summed E-state index contributed by atoms with van der Waals surface area (Å²) in [5.74, 6) is 0.890. The minimum absolute atomic E-state index is 0.291. The smallest absolute Gasteiger partial charge is 0.175 e. The highest BCUT2D eigenvalue weighted by Gasteiger charge is 2.18. The average molecular weight is 411 g/mol. The second-order valence-electron chi connectivity index (χ2n) is 7.49. The first-order valence-corrected chi connectivity index (χ1v) is 11.8. The summed E-state index contributed by atoms with van der Waals surface area (Å²) in [4.78, 5) is 7.45. The van der Waals surface area contributed by atoms with Gasteiger partial charge in [0.25, 0.3) is 0 Å². The SMILES string of the molecule is CS(=O)(=O)c1ccc2nc(N3CCCc4ccccc4C3)cc(NCCN)c2c1. The van der Waals surface area contributed by atoms with Crippen LogP contribution >= 0.6 is 0 Å². The molecule has 1 aromatic heterocycles. The van der Waals surface area contributed by atoms with Crippen LogP contribution in [0, 0.1) is 0 Å². The Morgan fingerprint density at radius 1 is 1.14 bits per heavy atom. The lowest BCUT2D eigenvalue weighted by Crippen LogP contribution is -2.24. The molecule has 1 aliphatic rings. The van der Waals surface area contributed by atoms with Crippen molar-refractivity contribution in [3.05, 3.63) is 59.7 Å². The van der Waals surface area contributed by atoms with E-state index in [4.69, 9.17) is 10.7 Å². The van der Waals surface area contributed by atoms with Gasteiger partial charge in [-0.1, -0.05) is 24.3 Å². The molecule has 6 nitrogen and oxygen atoms in total. The molecule has 3 aromatic rings. The summed E-state index contributed by atoms with van der Waals surface area (Å²) in [6.07, 6.45) is 3.35. The molecule has 152 valence electrons. The first-order chi connectivity index (χ1) is 14.0. The number of aryl methyl sites for hydroxylation is 1. The van der Waals surface area contributed by atoms with Crippen LogP contribution in [0.15, 0.2) is 53.4 Å². The number of benzene rings is 2. The standard InChI is InChI=1S/C22H26N4O2S/c1-29(27,28)18-8-9-20-19(13-18)21(24-11-10-23)14-22(25-20)26-12-4-7-16-5-2-3-6-17(16)15-26/h2-3,5-6,8-9,13-14H,4,7,10-12,15,23H2,1H3,(H,24,25). The Hall–Kier alpha value is -2.64. The van der Waals surface area contributed by atoms with E-state index in [-0.39, 0.29) is 0 Å². The molecule has 7 heteroatoms. The monoisotopic (exact) mass is 410 g/mol. The van der Waals surface area contributed by atoms with E-state index >= 15 is 0 Å². The van der Waals surface area contributed by atoms with Crippen LogP contribution in [-0.2, 0) is 22.8 Å². The summed E-state index contributed by atoms with van der Waals surface area (Å²) < 4.78 is 24.0. The molecule has 0 amide bonds. The van der Waals surface area contributed by atoms with Crippen molar-refractivity contribution in [2.75, 3.05) is 36.1 Å². The van der Waals surface area contributed by atoms with E-state index < -0.39 is 9.84 Å². The Balaban J connectivity index is 1.79. The molecule has 0 saturated carbocycles. The van der Waals surface area contributed by atoms with Gasteiger partial charge in [-0.25, -0.2) is 13.4 Å². The fourth-order valence-corrected chi connectivity index (χ4v) is 4.48. The van der Waals surface area contributed by atoms with E-state index in [9.17, 15) is 8.42 Å². The molecule has 1 aliphatic heterocycles. The average Bonchev–Trinajstić information content (AvgIpc) is 2.93. The Labute approximate surface area is 171 Å². The predicted molar refractivity (Wildman–Crippen MR) is 118 cm³/mol. The van der Waals surface area contributed by atoms with Crippen molar-refractivity contribution in [2.24, 2.45) is 5.73 Å². The number of hydrogen-bond acceptors (Lipinski definition) is 6. The maximum atomic E-state index is 12.0. The molecule has 0 spiro atoms. The zero-order chi connectivity index (χ0) is 20.4. The first kappa shape index (κ1) is 19.7. The summed E-state index contributed by atoms with van der Waals surface area (Å²) in [6, 6.07) is 15.7. The van der Waals surface area contributed by atoms with Gasteiger partial charge in [0.1, 0.15) is 5.82 Å². The third-order valence-electron chi connectivity index (χ3n) is 5.33. The van der Waals surface area contributed by atoms with Gasteiger partial charge in [-0.3, -0.25) is 0 Å². The number of rotatable bonds is 5. The van der Waals surface area contributed by atoms with Crippen molar-refractivity contribution in [1.29, 1.82) is 0 Å². The molecule has 0 saturated heterocycles. The topological polar surface area (TPSA) is 88.3 Å². The second-order valence-corrected chi connectivity index (χ2v) is 9.50. The van der Waals surface area contributed by atoms with Gasteiger partial charge in [-0.2, -0.15) is 0 Å². The van der Waals surface area contributed by atoms with Crippen LogP contribution in [0.1, 0.15) is 17.5 Å². The number of hydrogen-bond donors (Lipinski definition) is 2. The van der Waals surface area contributed by atoms with Crippen molar-refractivity contribution < 1.29 is 8.42 Å². The number of nitrogens with zero attached hydrogens (tertiary/aromatic N) is 2. The number of fused-ring (bicyclic) bond motifs is 2. The van der Waals surface area contributed by atoms with Gasteiger partial charge in [0, 0.05) is 49.6 Å². The molecule has 3 N–H and O–H groups in total. The number of nitrogens with two attached hydrogens (primary N) is 1. The highest BCUT2D eigenvalue weighted by atomic mass is 32.2. The third-order valence-corrected chi connectivity index (χ3v) is 6.44. The summed E-state index contributed by atoms with van der Waals surface area (Å²) in [5.41, 5.74) is 10.0. The van der Waals surface area contributed by atoms with Crippen LogP contribution in [0.2, 0.25) is 0 Å². The maximum Gasteiger partial charge on any atom is 0.175 e. The number of sulfone groups is 1. The molecule has 4 rings (SSSR count). The molecule has 0 unspecified atom stereocenters.